The van der Waals surface area contributed by atoms with Crippen molar-refractivity contribution in [2.45, 2.75) is 43.8 Å². The summed E-state index contributed by atoms with van der Waals surface area (Å²) in [5.74, 6) is 1.35. The number of aromatic nitrogens is 4. The van der Waals surface area contributed by atoms with Crippen LogP contribution in [0.3, 0.4) is 0 Å². The fraction of sp³-hybridized carbons (Fsp3) is 0.579. The summed E-state index contributed by atoms with van der Waals surface area (Å²) in [7, 11) is 2.05. The zero-order valence-electron chi connectivity index (χ0n) is 15.4. The molecule has 8 heteroatoms. The molecule has 0 amide bonds. The number of H-pyrrole nitrogens is 1. The molecule has 1 saturated heterocycles. The highest BCUT2D eigenvalue weighted by atomic mass is 16.5. The van der Waals surface area contributed by atoms with Gasteiger partial charge in [-0.05, 0) is 31.8 Å². The molecule has 27 heavy (non-hydrogen) atoms. The van der Waals surface area contributed by atoms with Crippen molar-refractivity contribution in [1.82, 2.24) is 24.6 Å². The second-order valence-corrected chi connectivity index (χ2v) is 7.69. The Hall–Kier alpha value is -2.48. The van der Waals surface area contributed by atoms with Crippen LogP contribution in [0.4, 0.5) is 0 Å². The Morgan fingerprint density at radius 2 is 2.07 bits per heavy atom. The Bertz CT molecular complexity index is 955. The summed E-state index contributed by atoms with van der Waals surface area (Å²) in [5.41, 5.74) is 0.603. The third-order valence-corrected chi connectivity index (χ3v) is 6.14. The van der Waals surface area contributed by atoms with Gasteiger partial charge in [0.2, 0.25) is 0 Å². The summed E-state index contributed by atoms with van der Waals surface area (Å²) in [5, 5.41) is 5.05. The fourth-order valence-electron chi connectivity index (χ4n) is 4.47. The van der Waals surface area contributed by atoms with E-state index < -0.39 is 0 Å². The summed E-state index contributed by atoms with van der Waals surface area (Å²) >= 11 is 0. The van der Waals surface area contributed by atoms with Gasteiger partial charge in [0.15, 0.2) is 5.65 Å². The van der Waals surface area contributed by atoms with Crippen molar-refractivity contribution in [3.8, 4) is 0 Å². The SMILES string of the molecule is CN1C=CC=NC1[C@@H]1CCC1c1nc2c(cnn2C2CCOCC2)c(=O)[nH]1. The maximum atomic E-state index is 12.7. The molecule has 2 unspecified atom stereocenters. The van der Waals surface area contributed by atoms with Crippen LogP contribution in [-0.4, -0.2) is 57.3 Å². The Kier molecular flexibility index (Phi) is 4.07. The lowest BCUT2D eigenvalue weighted by atomic mass is 9.71. The third kappa shape index (κ3) is 2.79. The Morgan fingerprint density at radius 3 is 2.81 bits per heavy atom. The smallest absolute Gasteiger partial charge is 0.262 e. The lowest BCUT2D eigenvalue weighted by Gasteiger charge is -2.43. The first kappa shape index (κ1) is 16.7. The number of allylic oxidation sites excluding steroid dienone is 1. The second-order valence-electron chi connectivity index (χ2n) is 7.69. The van der Waals surface area contributed by atoms with Gasteiger partial charge in [-0.25, -0.2) is 9.67 Å². The van der Waals surface area contributed by atoms with Gasteiger partial charge in [0.05, 0.1) is 12.2 Å². The van der Waals surface area contributed by atoms with Crippen molar-refractivity contribution in [3.63, 3.8) is 0 Å². The minimum Gasteiger partial charge on any atom is -0.381 e. The molecule has 2 aliphatic heterocycles. The Balaban J connectivity index is 1.49. The zero-order chi connectivity index (χ0) is 18.4. The van der Waals surface area contributed by atoms with Crippen molar-refractivity contribution < 1.29 is 4.74 Å². The van der Waals surface area contributed by atoms with Gasteiger partial charge in [0.25, 0.3) is 5.56 Å². The van der Waals surface area contributed by atoms with Crippen molar-refractivity contribution in [1.29, 1.82) is 0 Å². The Morgan fingerprint density at radius 1 is 1.22 bits per heavy atom. The summed E-state index contributed by atoms with van der Waals surface area (Å²) in [6.45, 7) is 1.46. The molecule has 2 aromatic rings. The predicted molar refractivity (Wildman–Crippen MR) is 102 cm³/mol. The first-order valence-electron chi connectivity index (χ1n) is 9.69. The molecule has 0 aromatic carbocycles. The molecule has 2 aromatic heterocycles. The van der Waals surface area contributed by atoms with E-state index in [-0.39, 0.29) is 23.7 Å². The van der Waals surface area contributed by atoms with Crippen LogP contribution in [0.15, 0.2) is 28.3 Å². The van der Waals surface area contributed by atoms with Gasteiger partial charge >= 0.3 is 0 Å². The molecule has 5 rings (SSSR count). The second kappa shape index (κ2) is 6.60. The van der Waals surface area contributed by atoms with Gasteiger partial charge in [-0.15, -0.1) is 0 Å². The van der Waals surface area contributed by atoms with Gasteiger partial charge in [0, 0.05) is 44.5 Å². The van der Waals surface area contributed by atoms with E-state index in [1.54, 1.807) is 6.20 Å². The summed E-state index contributed by atoms with van der Waals surface area (Å²) in [6.07, 6.45) is 11.5. The van der Waals surface area contributed by atoms with Crippen LogP contribution in [0.2, 0.25) is 0 Å². The number of aliphatic imine (C=N–C) groups is 1. The predicted octanol–water partition coefficient (Wildman–Crippen LogP) is 1.82. The first-order valence-corrected chi connectivity index (χ1v) is 9.69. The minimum atomic E-state index is -0.0978. The quantitative estimate of drug-likeness (QED) is 0.893. The molecule has 0 bridgehead atoms. The van der Waals surface area contributed by atoms with E-state index in [2.05, 4.69) is 20.0 Å². The van der Waals surface area contributed by atoms with Gasteiger partial charge in [-0.1, -0.05) is 0 Å². The zero-order valence-corrected chi connectivity index (χ0v) is 15.4. The Labute approximate surface area is 156 Å². The molecule has 4 heterocycles. The van der Waals surface area contributed by atoms with E-state index in [1.807, 2.05) is 30.2 Å². The van der Waals surface area contributed by atoms with Crippen molar-refractivity contribution in [2.75, 3.05) is 20.3 Å². The number of fused-ring (bicyclic) bond motifs is 1. The minimum absolute atomic E-state index is 0.0978. The molecule has 3 atom stereocenters. The van der Waals surface area contributed by atoms with Crippen LogP contribution >= 0.6 is 0 Å². The molecular formula is C19H24N6O2. The normalized spacial score (nSPS) is 28.6. The lowest BCUT2D eigenvalue weighted by molar-refractivity contribution is 0.0673. The molecule has 8 nitrogen and oxygen atoms in total. The molecule has 1 N–H and O–H groups in total. The standard InChI is InChI=1S/C19H24N6O2/c1-24-8-2-7-20-17(24)14-4-3-13(14)16-22-18-15(19(26)23-16)11-21-25(18)12-5-9-27-10-6-12/h2,7-8,11-14,17H,3-6,9-10H2,1H3,(H,22,23,26)/t13?,14-,17?/m1/s1. The van der Waals surface area contributed by atoms with Gasteiger partial charge in [-0.2, -0.15) is 5.10 Å². The van der Waals surface area contributed by atoms with Crippen LogP contribution in [0.5, 0.6) is 0 Å². The van der Waals surface area contributed by atoms with Crippen LogP contribution in [0, 0.1) is 5.92 Å². The van der Waals surface area contributed by atoms with Gasteiger partial charge < -0.3 is 14.6 Å². The van der Waals surface area contributed by atoms with E-state index in [4.69, 9.17) is 9.72 Å². The third-order valence-electron chi connectivity index (χ3n) is 6.14. The molecule has 0 radical (unpaired) electrons. The lowest BCUT2D eigenvalue weighted by Crippen LogP contribution is -2.43. The molecule has 2 fully saturated rings. The van der Waals surface area contributed by atoms with E-state index >= 15 is 0 Å². The maximum absolute atomic E-state index is 12.7. The average molecular weight is 368 g/mol. The van der Waals surface area contributed by atoms with Crippen molar-refractivity contribution in [3.05, 3.63) is 34.7 Å². The van der Waals surface area contributed by atoms with Crippen LogP contribution in [-0.2, 0) is 4.74 Å². The van der Waals surface area contributed by atoms with E-state index in [0.717, 1.165) is 44.7 Å². The number of hydrogen-bond acceptors (Lipinski definition) is 6. The number of nitrogens with one attached hydrogen (secondary N) is 1. The van der Waals surface area contributed by atoms with Crippen LogP contribution < -0.4 is 5.56 Å². The number of aromatic amines is 1. The number of hydrogen-bond donors (Lipinski definition) is 1. The molecular weight excluding hydrogens is 344 g/mol. The fourth-order valence-corrected chi connectivity index (χ4v) is 4.47. The van der Waals surface area contributed by atoms with Crippen molar-refractivity contribution >= 4 is 17.2 Å². The molecule has 3 aliphatic rings. The molecule has 0 spiro atoms. The number of ether oxygens (including phenoxy) is 1. The monoisotopic (exact) mass is 368 g/mol. The van der Waals surface area contributed by atoms with E-state index in [1.165, 1.54) is 0 Å². The summed E-state index contributed by atoms with van der Waals surface area (Å²) in [6, 6.07) is 0.245. The first-order chi connectivity index (χ1) is 13.2. The average Bonchev–Trinajstić information content (AvgIpc) is 3.08. The van der Waals surface area contributed by atoms with E-state index in [0.29, 0.717) is 17.0 Å². The summed E-state index contributed by atoms with van der Waals surface area (Å²) in [4.78, 5) is 27.3. The van der Waals surface area contributed by atoms with Crippen LogP contribution in [0.1, 0.15) is 43.5 Å². The number of rotatable bonds is 3. The maximum Gasteiger partial charge on any atom is 0.262 e. The topological polar surface area (TPSA) is 88.4 Å². The highest BCUT2D eigenvalue weighted by Gasteiger charge is 2.41. The van der Waals surface area contributed by atoms with Gasteiger partial charge in [-0.3, -0.25) is 9.79 Å². The van der Waals surface area contributed by atoms with Crippen molar-refractivity contribution in [2.24, 2.45) is 10.9 Å². The molecule has 1 saturated carbocycles. The largest absolute Gasteiger partial charge is 0.381 e. The summed E-state index contributed by atoms with van der Waals surface area (Å²) < 4.78 is 7.39. The van der Waals surface area contributed by atoms with Crippen LogP contribution in [0.25, 0.3) is 11.0 Å². The van der Waals surface area contributed by atoms with Gasteiger partial charge in [0.1, 0.15) is 17.4 Å². The van der Waals surface area contributed by atoms with E-state index in [9.17, 15) is 4.79 Å². The highest BCUT2D eigenvalue weighted by Crippen LogP contribution is 2.45. The molecule has 142 valence electrons. The molecule has 1 aliphatic carbocycles. The number of nitrogens with zero attached hydrogens (tertiary/aromatic N) is 5. The highest BCUT2D eigenvalue weighted by molar-refractivity contribution is 5.73.